The van der Waals surface area contributed by atoms with Crippen LogP contribution in [0.3, 0.4) is 0 Å². The molecule has 2 aromatic rings. The van der Waals surface area contributed by atoms with Crippen molar-refractivity contribution in [1.82, 2.24) is 19.7 Å². The number of aromatic nitrogens is 3. The molecule has 0 aliphatic carbocycles. The van der Waals surface area contributed by atoms with Crippen LogP contribution < -0.4 is 0 Å². The second-order valence-corrected chi connectivity index (χ2v) is 5.96. The minimum absolute atomic E-state index is 0.246. The summed E-state index contributed by atoms with van der Waals surface area (Å²) in [6.45, 7) is 1.80. The molecule has 0 radical (unpaired) electrons. The molecule has 0 unspecified atom stereocenters. The molecule has 20 heavy (non-hydrogen) atoms. The Morgan fingerprint density at radius 1 is 1.30 bits per heavy atom. The van der Waals surface area contributed by atoms with E-state index in [0.29, 0.717) is 30.5 Å². The molecular weight excluding hydrogens is 313 g/mol. The molecule has 0 atom stereocenters. The molecule has 0 saturated heterocycles. The molecule has 0 amide bonds. The lowest BCUT2D eigenvalue weighted by Crippen LogP contribution is -2.34. The predicted molar refractivity (Wildman–Crippen MR) is 68.5 cm³/mol. The summed E-state index contributed by atoms with van der Waals surface area (Å²) in [5.74, 6) is -0.558. The van der Waals surface area contributed by atoms with Gasteiger partial charge in [-0.1, -0.05) is 11.6 Å². The maximum Gasteiger partial charge on any atom is 0.451 e. The standard InChI is InChI=1S/C11H10ClF3N4S/c12-7-3-8(20-6-7)4-18-1-2-19-9(5-18)16-17-10(19)11(13,14)15/h3,6H,1-2,4-5H2. The Hall–Kier alpha value is -1.12. The first-order chi connectivity index (χ1) is 9.43. The smallest absolute Gasteiger partial charge is 0.305 e. The summed E-state index contributed by atoms with van der Waals surface area (Å²) in [7, 11) is 0. The summed E-state index contributed by atoms with van der Waals surface area (Å²) in [6, 6.07) is 1.87. The molecule has 3 rings (SSSR count). The Balaban J connectivity index is 1.75. The van der Waals surface area contributed by atoms with Crippen LogP contribution in [0.2, 0.25) is 5.02 Å². The molecule has 1 aliphatic rings. The van der Waals surface area contributed by atoms with Gasteiger partial charge in [0.25, 0.3) is 0 Å². The maximum absolute atomic E-state index is 12.7. The summed E-state index contributed by atoms with van der Waals surface area (Å²) in [5, 5.41) is 9.43. The van der Waals surface area contributed by atoms with Crippen molar-refractivity contribution >= 4 is 22.9 Å². The summed E-state index contributed by atoms with van der Waals surface area (Å²) in [4.78, 5) is 3.12. The van der Waals surface area contributed by atoms with Crippen molar-refractivity contribution in [3.8, 4) is 0 Å². The number of hydrogen-bond acceptors (Lipinski definition) is 4. The van der Waals surface area contributed by atoms with Crippen LogP contribution >= 0.6 is 22.9 Å². The molecule has 0 bridgehead atoms. The fourth-order valence-corrected chi connectivity index (χ4v) is 3.32. The molecule has 4 nitrogen and oxygen atoms in total. The number of halogens is 4. The van der Waals surface area contributed by atoms with Crippen LogP contribution in [0.25, 0.3) is 0 Å². The second-order valence-electron chi connectivity index (χ2n) is 4.53. The minimum atomic E-state index is -4.45. The number of rotatable bonds is 2. The van der Waals surface area contributed by atoms with Gasteiger partial charge in [-0.05, 0) is 6.07 Å². The van der Waals surface area contributed by atoms with Crippen molar-refractivity contribution in [3.63, 3.8) is 0 Å². The molecule has 108 valence electrons. The van der Waals surface area contributed by atoms with E-state index in [1.54, 1.807) is 0 Å². The molecule has 0 spiro atoms. The summed E-state index contributed by atoms with van der Waals surface area (Å²) in [5.41, 5.74) is 0. The SMILES string of the molecule is FC(F)(F)c1nnc2n1CCN(Cc1cc(Cl)cs1)C2. The van der Waals surface area contributed by atoms with Gasteiger partial charge in [0.2, 0.25) is 5.82 Å². The van der Waals surface area contributed by atoms with Gasteiger partial charge in [-0.3, -0.25) is 4.90 Å². The second kappa shape index (κ2) is 5.01. The highest BCUT2D eigenvalue weighted by Gasteiger charge is 2.39. The summed E-state index contributed by atoms with van der Waals surface area (Å²) < 4.78 is 39.3. The maximum atomic E-state index is 12.7. The lowest BCUT2D eigenvalue weighted by Gasteiger charge is -2.27. The first-order valence-electron chi connectivity index (χ1n) is 5.88. The number of fused-ring (bicyclic) bond motifs is 1. The van der Waals surface area contributed by atoms with Gasteiger partial charge in [0.15, 0.2) is 0 Å². The van der Waals surface area contributed by atoms with Crippen molar-refractivity contribution in [1.29, 1.82) is 0 Å². The van der Waals surface area contributed by atoms with E-state index in [-0.39, 0.29) is 6.54 Å². The van der Waals surface area contributed by atoms with E-state index >= 15 is 0 Å². The topological polar surface area (TPSA) is 34.0 Å². The summed E-state index contributed by atoms with van der Waals surface area (Å²) in [6.07, 6.45) is -4.45. The Kier molecular flexibility index (Phi) is 3.47. The zero-order valence-corrected chi connectivity index (χ0v) is 11.8. The largest absolute Gasteiger partial charge is 0.451 e. The van der Waals surface area contributed by atoms with Gasteiger partial charge in [-0.15, -0.1) is 21.5 Å². The molecular formula is C11H10ClF3N4S. The van der Waals surface area contributed by atoms with E-state index in [0.717, 1.165) is 9.44 Å². The number of alkyl halides is 3. The van der Waals surface area contributed by atoms with Crippen LogP contribution in [-0.4, -0.2) is 26.2 Å². The lowest BCUT2D eigenvalue weighted by atomic mass is 10.3. The van der Waals surface area contributed by atoms with E-state index in [1.165, 1.54) is 11.3 Å². The molecule has 2 aromatic heterocycles. The molecule has 3 heterocycles. The Morgan fingerprint density at radius 2 is 2.10 bits per heavy atom. The Morgan fingerprint density at radius 3 is 2.75 bits per heavy atom. The summed E-state index contributed by atoms with van der Waals surface area (Å²) >= 11 is 7.39. The third-order valence-corrected chi connectivity index (χ3v) is 4.36. The highest BCUT2D eigenvalue weighted by atomic mass is 35.5. The van der Waals surface area contributed by atoms with Crippen LogP contribution in [-0.2, 0) is 25.8 Å². The third-order valence-electron chi connectivity index (χ3n) is 3.09. The van der Waals surface area contributed by atoms with Gasteiger partial charge >= 0.3 is 6.18 Å². The Bertz CT molecular complexity index is 621. The minimum Gasteiger partial charge on any atom is -0.305 e. The number of thiophene rings is 1. The first-order valence-corrected chi connectivity index (χ1v) is 7.14. The fourth-order valence-electron chi connectivity index (χ4n) is 2.21. The van der Waals surface area contributed by atoms with Gasteiger partial charge < -0.3 is 4.57 Å². The fraction of sp³-hybridized carbons (Fsp3) is 0.455. The molecule has 0 N–H and O–H groups in total. The molecule has 9 heteroatoms. The van der Waals surface area contributed by atoms with Gasteiger partial charge in [0, 0.05) is 29.9 Å². The third kappa shape index (κ3) is 2.68. The van der Waals surface area contributed by atoms with Crippen molar-refractivity contribution < 1.29 is 13.2 Å². The van der Waals surface area contributed by atoms with Crippen LogP contribution in [0.5, 0.6) is 0 Å². The normalized spacial score (nSPS) is 16.4. The predicted octanol–water partition coefficient (Wildman–Crippen LogP) is 3.03. The van der Waals surface area contributed by atoms with E-state index in [4.69, 9.17) is 11.6 Å². The lowest BCUT2D eigenvalue weighted by molar-refractivity contribution is -0.148. The van der Waals surface area contributed by atoms with Gasteiger partial charge in [0.05, 0.1) is 11.6 Å². The molecule has 0 aromatic carbocycles. The molecule has 1 aliphatic heterocycles. The van der Waals surface area contributed by atoms with Crippen molar-refractivity contribution in [2.75, 3.05) is 6.54 Å². The first kappa shape index (κ1) is 13.8. The zero-order chi connectivity index (χ0) is 14.3. The number of hydrogen-bond donors (Lipinski definition) is 0. The van der Waals surface area contributed by atoms with Crippen LogP contribution in [0, 0.1) is 0 Å². The van der Waals surface area contributed by atoms with E-state index in [2.05, 4.69) is 10.2 Å². The molecule has 0 saturated carbocycles. The van der Waals surface area contributed by atoms with Crippen LogP contribution in [0.4, 0.5) is 13.2 Å². The van der Waals surface area contributed by atoms with E-state index in [9.17, 15) is 13.2 Å². The average Bonchev–Trinajstić information content (AvgIpc) is 2.94. The Labute approximate surface area is 121 Å². The van der Waals surface area contributed by atoms with Crippen molar-refractivity contribution in [2.24, 2.45) is 0 Å². The monoisotopic (exact) mass is 322 g/mol. The van der Waals surface area contributed by atoms with E-state index < -0.39 is 12.0 Å². The van der Waals surface area contributed by atoms with Crippen molar-refractivity contribution in [2.45, 2.75) is 25.8 Å². The molecule has 0 fully saturated rings. The highest BCUT2D eigenvalue weighted by molar-refractivity contribution is 7.10. The van der Waals surface area contributed by atoms with Crippen LogP contribution in [0.1, 0.15) is 16.5 Å². The van der Waals surface area contributed by atoms with Crippen LogP contribution in [0.15, 0.2) is 11.4 Å². The van der Waals surface area contributed by atoms with Gasteiger partial charge in [-0.25, -0.2) is 0 Å². The zero-order valence-electron chi connectivity index (χ0n) is 10.2. The van der Waals surface area contributed by atoms with Crippen molar-refractivity contribution in [3.05, 3.63) is 33.0 Å². The van der Waals surface area contributed by atoms with E-state index in [1.807, 2.05) is 16.3 Å². The highest BCUT2D eigenvalue weighted by Crippen LogP contribution is 2.30. The average molecular weight is 323 g/mol. The van der Waals surface area contributed by atoms with Gasteiger partial charge in [-0.2, -0.15) is 13.2 Å². The quantitative estimate of drug-likeness (QED) is 0.852. The van der Waals surface area contributed by atoms with Gasteiger partial charge in [0.1, 0.15) is 5.82 Å². The number of nitrogens with zero attached hydrogens (tertiary/aromatic N) is 4.